The molecule has 1 unspecified atom stereocenters. The number of nitrogens with two attached hydrogens (primary N) is 1. The van der Waals surface area contributed by atoms with E-state index in [1.54, 1.807) is 0 Å². The molecular formula is C15H22N2O2. The Morgan fingerprint density at radius 3 is 2.95 bits per heavy atom. The molecule has 4 nitrogen and oxygen atoms in total. The van der Waals surface area contributed by atoms with Crippen LogP contribution >= 0.6 is 0 Å². The predicted molar refractivity (Wildman–Crippen MR) is 74.7 cm³/mol. The van der Waals surface area contributed by atoms with Gasteiger partial charge in [-0.15, -0.1) is 0 Å². The van der Waals surface area contributed by atoms with Gasteiger partial charge in [0, 0.05) is 18.5 Å². The highest BCUT2D eigenvalue weighted by atomic mass is 16.5. The molecule has 3 N–H and O–H groups in total. The van der Waals surface area contributed by atoms with Crippen molar-refractivity contribution < 1.29 is 9.53 Å². The average Bonchev–Trinajstić information content (AvgIpc) is 2.35. The van der Waals surface area contributed by atoms with Gasteiger partial charge in [0.25, 0.3) is 0 Å². The number of rotatable bonds is 5. The van der Waals surface area contributed by atoms with Crippen LogP contribution in [-0.4, -0.2) is 24.6 Å². The maximum absolute atomic E-state index is 11.0. The fraction of sp³-hybridized carbons (Fsp3) is 0.533. The van der Waals surface area contributed by atoms with Crippen molar-refractivity contribution in [3.8, 4) is 0 Å². The van der Waals surface area contributed by atoms with E-state index in [2.05, 4.69) is 23.5 Å². The molecule has 104 valence electrons. The smallest absolute Gasteiger partial charge is 0.219 e. The quantitative estimate of drug-likeness (QED) is 0.846. The van der Waals surface area contributed by atoms with E-state index >= 15 is 0 Å². The van der Waals surface area contributed by atoms with Crippen molar-refractivity contribution in [1.29, 1.82) is 0 Å². The van der Waals surface area contributed by atoms with Crippen LogP contribution < -0.4 is 11.1 Å². The second-order valence-corrected chi connectivity index (χ2v) is 5.72. The summed E-state index contributed by atoms with van der Waals surface area (Å²) in [7, 11) is 0. The predicted octanol–water partition coefficient (Wildman–Crippen LogP) is 1.54. The third-order valence-corrected chi connectivity index (χ3v) is 3.47. The van der Waals surface area contributed by atoms with Crippen molar-refractivity contribution in [3.63, 3.8) is 0 Å². The van der Waals surface area contributed by atoms with Gasteiger partial charge in [-0.2, -0.15) is 0 Å². The first-order valence-corrected chi connectivity index (χ1v) is 6.71. The molecule has 0 saturated carbocycles. The molecule has 19 heavy (non-hydrogen) atoms. The fourth-order valence-electron chi connectivity index (χ4n) is 2.51. The molecule has 1 amide bonds. The first-order valence-electron chi connectivity index (χ1n) is 6.71. The van der Waals surface area contributed by atoms with Gasteiger partial charge in [0.2, 0.25) is 5.91 Å². The minimum absolute atomic E-state index is 0.0529. The zero-order valence-electron chi connectivity index (χ0n) is 11.6. The SMILES string of the molecule is CC(C)(CC(N)=O)NCC1OCCc2ccccc21. The topological polar surface area (TPSA) is 64.4 Å². The fourth-order valence-corrected chi connectivity index (χ4v) is 2.51. The van der Waals surface area contributed by atoms with E-state index in [0.29, 0.717) is 13.0 Å². The van der Waals surface area contributed by atoms with Crippen molar-refractivity contribution in [2.75, 3.05) is 13.2 Å². The Balaban J connectivity index is 1.99. The number of fused-ring (bicyclic) bond motifs is 1. The summed E-state index contributed by atoms with van der Waals surface area (Å²) in [4.78, 5) is 11.0. The van der Waals surface area contributed by atoms with Crippen LogP contribution in [0.4, 0.5) is 0 Å². The van der Waals surface area contributed by atoms with Gasteiger partial charge in [0.1, 0.15) is 0 Å². The van der Waals surface area contributed by atoms with Crippen LogP contribution in [-0.2, 0) is 16.0 Å². The van der Waals surface area contributed by atoms with Gasteiger partial charge in [0.15, 0.2) is 0 Å². The summed E-state index contributed by atoms with van der Waals surface area (Å²) in [6, 6.07) is 8.36. The Morgan fingerprint density at radius 2 is 2.21 bits per heavy atom. The number of nitrogens with one attached hydrogen (secondary N) is 1. The molecule has 1 aliphatic rings. The molecule has 1 heterocycles. The molecule has 1 atom stereocenters. The van der Waals surface area contributed by atoms with E-state index in [9.17, 15) is 4.79 Å². The molecule has 1 aromatic rings. The van der Waals surface area contributed by atoms with Gasteiger partial charge >= 0.3 is 0 Å². The van der Waals surface area contributed by atoms with Crippen molar-refractivity contribution in [2.24, 2.45) is 5.73 Å². The van der Waals surface area contributed by atoms with Crippen LogP contribution in [0, 0.1) is 0 Å². The lowest BCUT2D eigenvalue weighted by atomic mass is 9.95. The number of carbonyl (C=O) groups excluding carboxylic acids is 1. The third kappa shape index (κ3) is 3.78. The maximum atomic E-state index is 11.0. The molecule has 0 aliphatic carbocycles. The maximum Gasteiger partial charge on any atom is 0.219 e. The lowest BCUT2D eigenvalue weighted by Gasteiger charge is -2.31. The molecule has 0 fully saturated rings. The number of hydrogen-bond acceptors (Lipinski definition) is 3. The van der Waals surface area contributed by atoms with Crippen LogP contribution in [0.2, 0.25) is 0 Å². The Kier molecular flexibility index (Phi) is 4.22. The van der Waals surface area contributed by atoms with Crippen molar-refractivity contribution in [3.05, 3.63) is 35.4 Å². The zero-order valence-corrected chi connectivity index (χ0v) is 11.6. The molecule has 2 rings (SSSR count). The molecule has 0 saturated heterocycles. The Bertz CT molecular complexity index is 457. The van der Waals surface area contributed by atoms with E-state index < -0.39 is 0 Å². The van der Waals surface area contributed by atoms with Gasteiger partial charge in [-0.3, -0.25) is 4.79 Å². The summed E-state index contributed by atoms with van der Waals surface area (Å²) in [6.07, 6.45) is 1.34. The highest BCUT2D eigenvalue weighted by Crippen LogP contribution is 2.26. The lowest BCUT2D eigenvalue weighted by Crippen LogP contribution is -2.45. The van der Waals surface area contributed by atoms with Gasteiger partial charge < -0.3 is 15.8 Å². The van der Waals surface area contributed by atoms with Crippen LogP contribution in [0.15, 0.2) is 24.3 Å². The number of benzene rings is 1. The van der Waals surface area contributed by atoms with Crippen molar-refractivity contribution in [1.82, 2.24) is 5.32 Å². The molecule has 4 heteroatoms. The summed E-state index contributed by atoms with van der Waals surface area (Å²) < 4.78 is 5.83. The van der Waals surface area contributed by atoms with Crippen molar-refractivity contribution in [2.45, 2.75) is 38.3 Å². The van der Waals surface area contributed by atoms with E-state index in [0.717, 1.165) is 13.0 Å². The van der Waals surface area contributed by atoms with Gasteiger partial charge in [-0.05, 0) is 31.4 Å². The lowest BCUT2D eigenvalue weighted by molar-refractivity contribution is -0.119. The Hall–Kier alpha value is -1.39. The standard InChI is InChI=1S/C15H22N2O2/c1-15(2,9-14(16)18)17-10-13-12-6-4-3-5-11(12)7-8-19-13/h3-6,13,17H,7-10H2,1-2H3,(H2,16,18). The summed E-state index contributed by atoms with van der Waals surface area (Å²) in [6.45, 7) is 5.40. The minimum Gasteiger partial charge on any atom is -0.372 e. The molecule has 0 radical (unpaired) electrons. The number of amides is 1. The zero-order chi connectivity index (χ0) is 13.9. The Labute approximate surface area is 114 Å². The number of hydrogen-bond donors (Lipinski definition) is 2. The highest BCUT2D eigenvalue weighted by molar-refractivity contribution is 5.75. The summed E-state index contributed by atoms with van der Waals surface area (Å²) in [5.74, 6) is -0.289. The molecule has 1 aliphatic heterocycles. The number of carbonyl (C=O) groups is 1. The minimum atomic E-state index is -0.304. The summed E-state index contributed by atoms with van der Waals surface area (Å²) in [5, 5.41) is 3.38. The summed E-state index contributed by atoms with van der Waals surface area (Å²) >= 11 is 0. The van der Waals surface area contributed by atoms with Gasteiger partial charge in [0.05, 0.1) is 12.7 Å². The second-order valence-electron chi connectivity index (χ2n) is 5.72. The van der Waals surface area contributed by atoms with Crippen LogP contribution in [0.1, 0.15) is 37.5 Å². The number of ether oxygens (including phenoxy) is 1. The van der Waals surface area contributed by atoms with E-state index in [4.69, 9.17) is 10.5 Å². The van der Waals surface area contributed by atoms with E-state index in [1.165, 1.54) is 11.1 Å². The molecule has 1 aromatic carbocycles. The number of primary amides is 1. The first kappa shape index (κ1) is 14.0. The summed E-state index contributed by atoms with van der Waals surface area (Å²) in [5.41, 5.74) is 7.55. The largest absolute Gasteiger partial charge is 0.372 e. The second kappa shape index (κ2) is 5.72. The van der Waals surface area contributed by atoms with E-state index in [1.807, 2.05) is 19.9 Å². The first-order chi connectivity index (χ1) is 8.98. The normalized spacial score (nSPS) is 18.9. The monoisotopic (exact) mass is 262 g/mol. The highest BCUT2D eigenvalue weighted by Gasteiger charge is 2.25. The third-order valence-electron chi connectivity index (χ3n) is 3.47. The Morgan fingerprint density at radius 1 is 1.47 bits per heavy atom. The van der Waals surface area contributed by atoms with Gasteiger partial charge in [-0.25, -0.2) is 0 Å². The molecule has 0 aromatic heterocycles. The molecular weight excluding hydrogens is 240 g/mol. The van der Waals surface area contributed by atoms with Crippen LogP contribution in [0.25, 0.3) is 0 Å². The van der Waals surface area contributed by atoms with Crippen LogP contribution in [0.5, 0.6) is 0 Å². The van der Waals surface area contributed by atoms with Crippen molar-refractivity contribution >= 4 is 5.91 Å². The van der Waals surface area contributed by atoms with Gasteiger partial charge in [-0.1, -0.05) is 24.3 Å². The average molecular weight is 262 g/mol. The molecule has 0 spiro atoms. The molecule has 0 bridgehead atoms. The van der Waals surface area contributed by atoms with Crippen LogP contribution in [0.3, 0.4) is 0 Å². The van der Waals surface area contributed by atoms with E-state index in [-0.39, 0.29) is 17.6 Å².